The second kappa shape index (κ2) is 8.10. The average Bonchev–Trinajstić information content (AvgIpc) is 3.47. The molecule has 2 fully saturated rings. The molecule has 0 amide bonds. The number of benzene rings is 1. The zero-order valence-electron chi connectivity index (χ0n) is 17.9. The van der Waals surface area contributed by atoms with Crippen LogP contribution in [0.5, 0.6) is 0 Å². The van der Waals surface area contributed by atoms with E-state index in [0.29, 0.717) is 23.3 Å². The monoisotopic (exact) mass is 411 g/mol. The number of fused-ring (bicyclic) bond motifs is 1. The highest BCUT2D eigenvalue weighted by Gasteiger charge is 2.30. The lowest BCUT2D eigenvalue weighted by Crippen LogP contribution is -2.35. The number of halogens is 1. The van der Waals surface area contributed by atoms with E-state index in [9.17, 15) is 4.39 Å². The molecule has 2 aliphatic rings. The van der Waals surface area contributed by atoms with E-state index in [1.54, 1.807) is 6.07 Å². The number of para-hydroxylation sites is 1. The minimum absolute atomic E-state index is 0.172. The van der Waals surface area contributed by atoms with Crippen molar-refractivity contribution in [3.63, 3.8) is 0 Å². The molecule has 6 nitrogen and oxygen atoms in total. The summed E-state index contributed by atoms with van der Waals surface area (Å²) in [6.45, 7) is 6.38. The Bertz CT molecular complexity index is 1020. The second-order valence-corrected chi connectivity index (χ2v) is 9.22. The van der Waals surface area contributed by atoms with Gasteiger partial charge in [-0.15, -0.1) is 0 Å². The van der Waals surface area contributed by atoms with Gasteiger partial charge in [0.2, 0.25) is 5.89 Å². The Morgan fingerprint density at radius 3 is 2.80 bits per heavy atom. The Hall–Kier alpha value is -2.28. The van der Waals surface area contributed by atoms with Crippen molar-refractivity contribution in [1.82, 2.24) is 24.8 Å². The number of likely N-dealkylation sites (tertiary alicyclic amines) is 1. The fourth-order valence-corrected chi connectivity index (χ4v) is 5.19. The molecule has 1 aromatic carbocycles. The van der Waals surface area contributed by atoms with Crippen LogP contribution < -0.4 is 0 Å². The Balaban J connectivity index is 1.34. The lowest BCUT2D eigenvalue weighted by Gasteiger charge is -2.31. The lowest BCUT2D eigenvalue weighted by molar-refractivity contribution is 0.184. The van der Waals surface area contributed by atoms with Gasteiger partial charge in [0, 0.05) is 24.4 Å². The first-order chi connectivity index (χ1) is 14.6. The van der Waals surface area contributed by atoms with Gasteiger partial charge in [-0.05, 0) is 48.9 Å². The van der Waals surface area contributed by atoms with E-state index in [0.717, 1.165) is 30.1 Å². The lowest BCUT2D eigenvalue weighted by atomic mass is 9.94. The van der Waals surface area contributed by atoms with Crippen LogP contribution in [-0.2, 0) is 6.42 Å². The standard InChI is InChI=1S/C23H30FN5O/c1-15(2)21-18-9-6-10-19(24)22(18)29(26-21)23-25-20(30-27-23)13-16-11-12-28(14-16)17-7-4-3-5-8-17/h6,9-10,15-17H,3-5,7-8,11-14H2,1-2H3/t16-/m0/s1. The van der Waals surface area contributed by atoms with Crippen LogP contribution in [-0.4, -0.2) is 44.0 Å². The summed E-state index contributed by atoms with van der Waals surface area (Å²) < 4.78 is 21.7. The molecule has 0 radical (unpaired) electrons. The smallest absolute Gasteiger partial charge is 0.291 e. The summed E-state index contributed by atoms with van der Waals surface area (Å²) >= 11 is 0. The predicted octanol–water partition coefficient (Wildman–Crippen LogP) is 4.87. The third-order valence-electron chi connectivity index (χ3n) is 6.75. The van der Waals surface area contributed by atoms with Crippen LogP contribution in [0.4, 0.5) is 4.39 Å². The van der Waals surface area contributed by atoms with Crippen molar-refractivity contribution in [2.24, 2.45) is 5.92 Å². The first kappa shape index (κ1) is 19.7. The molecule has 30 heavy (non-hydrogen) atoms. The number of hydrogen-bond donors (Lipinski definition) is 0. The molecule has 3 aromatic rings. The minimum Gasteiger partial charge on any atom is -0.337 e. The van der Waals surface area contributed by atoms with Crippen molar-refractivity contribution >= 4 is 10.9 Å². The molecule has 0 N–H and O–H groups in total. The Kier molecular flexibility index (Phi) is 5.31. The molecule has 0 spiro atoms. The van der Waals surface area contributed by atoms with Crippen LogP contribution in [0.3, 0.4) is 0 Å². The van der Waals surface area contributed by atoms with Gasteiger partial charge in [-0.25, -0.2) is 4.39 Å². The van der Waals surface area contributed by atoms with Crippen LogP contribution in [0.2, 0.25) is 0 Å². The van der Waals surface area contributed by atoms with Crippen LogP contribution in [0.25, 0.3) is 16.9 Å². The van der Waals surface area contributed by atoms with Crippen molar-refractivity contribution in [2.75, 3.05) is 13.1 Å². The van der Waals surface area contributed by atoms with Gasteiger partial charge < -0.3 is 9.42 Å². The van der Waals surface area contributed by atoms with E-state index in [1.165, 1.54) is 55.8 Å². The van der Waals surface area contributed by atoms with Crippen molar-refractivity contribution < 1.29 is 8.91 Å². The van der Waals surface area contributed by atoms with E-state index in [2.05, 4.69) is 34.0 Å². The van der Waals surface area contributed by atoms with E-state index in [4.69, 9.17) is 4.52 Å². The molecule has 1 atom stereocenters. The maximum absolute atomic E-state index is 14.6. The zero-order valence-corrected chi connectivity index (χ0v) is 17.9. The van der Waals surface area contributed by atoms with Gasteiger partial charge in [-0.3, -0.25) is 0 Å². The summed E-state index contributed by atoms with van der Waals surface area (Å²) in [5.41, 5.74) is 1.26. The highest BCUT2D eigenvalue weighted by Crippen LogP contribution is 2.30. The minimum atomic E-state index is -0.322. The summed E-state index contributed by atoms with van der Waals surface area (Å²) in [7, 11) is 0. The van der Waals surface area contributed by atoms with Gasteiger partial charge in [-0.1, -0.05) is 45.2 Å². The maximum atomic E-state index is 14.6. The SMILES string of the molecule is CC(C)c1nn(-c2noc(C[C@@H]3CCN(C4CCCCC4)C3)n2)c2c(F)cccc12. The Labute approximate surface area is 176 Å². The Morgan fingerprint density at radius 2 is 2.00 bits per heavy atom. The van der Waals surface area contributed by atoms with Gasteiger partial charge in [0.25, 0.3) is 5.95 Å². The number of rotatable bonds is 5. The van der Waals surface area contributed by atoms with Gasteiger partial charge in [0.05, 0.1) is 5.69 Å². The largest absolute Gasteiger partial charge is 0.337 e. The molecule has 2 aromatic heterocycles. The van der Waals surface area contributed by atoms with Gasteiger partial charge in [0.15, 0.2) is 0 Å². The molecule has 1 aliphatic carbocycles. The third-order valence-corrected chi connectivity index (χ3v) is 6.75. The normalized spacial score (nSPS) is 21.3. The average molecular weight is 412 g/mol. The number of nitrogens with zero attached hydrogens (tertiary/aromatic N) is 5. The quantitative estimate of drug-likeness (QED) is 0.600. The molecule has 1 aliphatic heterocycles. The summed E-state index contributed by atoms with van der Waals surface area (Å²) in [6, 6.07) is 5.82. The Morgan fingerprint density at radius 1 is 1.17 bits per heavy atom. The molecule has 160 valence electrons. The highest BCUT2D eigenvalue weighted by molar-refractivity contribution is 5.84. The van der Waals surface area contributed by atoms with E-state index in [-0.39, 0.29) is 11.7 Å². The molecular weight excluding hydrogens is 381 g/mol. The third kappa shape index (κ3) is 3.64. The summed E-state index contributed by atoms with van der Waals surface area (Å²) in [5, 5.41) is 9.56. The van der Waals surface area contributed by atoms with Crippen LogP contribution >= 0.6 is 0 Å². The molecule has 3 heterocycles. The van der Waals surface area contributed by atoms with Gasteiger partial charge in [-0.2, -0.15) is 14.8 Å². The van der Waals surface area contributed by atoms with Crippen molar-refractivity contribution in [3.05, 3.63) is 35.6 Å². The molecule has 5 rings (SSSR count). The van der Waals surface area contributed by atoms with Crippen LogP contribution in [0.1, 0.15) is 69.9 Å². The van der Waals surface area contributed by atoms with Crippen molar-refractivity contribution in [2.45, 2.75) is 70.8 Å². The van der Waals surface area contributed by atoms with Crippen molar-refractivity contribution in [1.29, 1.82) is 0 Å². The molecule has 0 unspecified atom stereocenters. The number of hydrogen-bond acceptors (Lipinski definition) is 5. The molecule has 1 saturated carbocycles. The first-order valence-corrected chi connectivity index (χ1v) is 11.3. The predicted molar refractivity (Wildman–Crippen MR) is 113 cm³/mol. The topological polar surface area (TPSA) is 60.0 Å². The fourth-order valence-electron chi connectivity index (χ4n) is 5.19. The molecule has 1 saturated heterocycles. The molecule has 7 heteroatoms. The summed E-state index contributed by atoms with van der Waals surface area (Å²) in [5.74, 6) is 1.32. The van der Waals surface area contributed by atoms with Gasteiger partial charge in [0.1, 0.15) is 11.3 Å². The van der Waals surface area contributed by atoms with E-state index < -0.39 is 0 Å². The first-order valence-electron chi connectivity index (χ1n) is 11.3. The maximum Gasteiger partial charge on any atom is 0.291 e. The molecule has 0 bridgehead atoms. The fraction of sp³-hybridized carbons (Fsp3) is 0.609. The van der Waals surface area contributed by atoms with Crippen molar-refractivity contribution in [3.8, 4) is 5.95 Å². The number of aromatic nitrogens is 4. The summed E-state index contributed by atoms with van der Waals surface area (Å²) in [6.07, 6.45) is 8.75. The summed E-state index contributed by atoms with van der Waals surface area (Å²) in [4.78, 5) is 7.24. The molecular formula is C23H30FN5O. The van der Waals surface area contributed by atoms with Gasteiger partial charge >= 0.3 is 0 Å². The van der Waals surface area contributed by atoms with Crippen LogP contribution in [0.15, 0.2) is 22.7 Å². The van der Waals surface area contributed by atoms with E-state index in [1.807, 2.05) is 6.07 Å². The second-order valence-electron chi connectivity index (χ2n) is 9.22. The highest BCUT2D eigenvalue weighted by atomic mass is 19.1. The van der Waals surface area contributed by atoms with E-state index >= 15 is 0 Å². The van der Waals surface area contributed by atoms with Crippen LogP contribution in [0, 0.1) is 11.7 Å². The zero-order chi connectivity index (χ0) is 20.7.